The number of amides is 1. The molecular weight excluding hydrogens is 454 g/mol. The fraction of sp³-hybridized carbons (Fsp3) is 0.286. The maximum absolute atomic E-state index is 12.9. The molecule has 0 aliphatic rings. The summed E-state index contributed by atoms with van der Waals surface area (Å²) < 4.78 is 11.9. The highest BCUT2D eigenvalue weighted by Crippen LogP contribution is 2.27. The third-order valence-corrected chi connectivity index (χ3v) is 5.95. The van der Waals surface area contributed by atoms with Gasteiger partial charge in [0.2, 0.25) is 0 Å². The Morgan fingerprint density at radius 2 is 2.00 bits per heavy atom. The molecule has 0 radical (unpaired) electrons. The van der Waals surface area contributed by atoms with Crippen LogP contribution in [0.5, 0.6) is 5.75 Å². The van der Waals surface area contributed by atoms with Crippen LogP contribution < -0.4 is 4.74 Å². The number of pyridine rings is 1. The summed E-state index contributed by atoms with van der Waals surface area (Å²) in [6, 6.07) is 11.2. The Morgan fingerprint density at radius 1 is 1.24 bits per heavy atom. The van der Waals surface area contributed by atoms with Crippen molar-refractivity contribution in [1.82, 2.24) is 15.0 Å². The highest BCUT2D eigenvalue weighted by atomic mass is 79.9. The zero-order valence-corrected chi connectivity index (χ0v) is 18.9. The van der Waals surface area contributed by atoms with Crippen LogP contribution in [0.4, 0.5) is 0 Å². The minimum absolute atomic E-state index is 0.0845. The molecule has 0 atom stereocenters. The van der Waals surface area contributed by atoms with Crippen LogP contribution in [0, 0.1) is 13.8 Å². The summed E-state index contributed by atoms with van der Waals surface area (Å²) in [6.07, 6.45) is 1.70. The van der Waals surface area contributed by atoms with Crippen molar-refractivity contribution < 1.29 is 14.1 Å². The summed E-state index contributed by atoms with van der Waals surface area (Å²) in [4.78, 5) is 19.0. The second kappa shape index (κ2) is 9.93. The van der Waals surface area contributed by atoms with Crippen LogP contribution in [0.3, 0.4) is 0 Å². The van der Waals surface area contributed by atoms with Crippen LogP contribution in [0.2, 0.25) is 0 Å². The fourth-order valence-corrected chi connectivity index (χ4v) is 4.06. The van der Waals surface area contributed by atoms with Crippen LogP contribution in [-0.2, 0) is 5.75 Å². The van der Waals surface area contributed by atoms with Gasteiger partial charge in [-0.05, 0) is 50.2 Å². The molecule has 0 unspecified atom stereocenters. The second-order valence-electron chi connectivity index (χ2n) is 6.48. The number of carbonyl (C=O) groups excluding carboxylic acids is 1. The summed E-state index contributed by atoms with van der Waals surface area (Å²) in [7, 11) is 1.77. The maximum atomic E-state index is 12.9. The number of ether oxygens (including phenoxy) is 1. The van der Waals surface area contributed by atoms with E-state index in [0.717, 1.165) is 27.2 Å². The van der Waals surface area contributed by atoms with E-state index >= 15 is 0 Å². The molecule has 152 valence electrons. The molecular formula is C21H22BrN3O3S. The molecule has 0 saturated carbocycles. The van der Waals surface area contributed by atoms with E-state index in [1.807, 2.05) is 38.1 Å². The van der Waals surface area contributed by atoms with E-state index in [4.69, 9.17) is 9.26 Å². The van der Waals surface area contributed by atoms with Crippen molar-refractivity contribution in [3.8, 4) is 5.75 Å². The van der Waals surface area contributed by atoms with Gasteiger partial charge in [-0.3, -0.25) is 4.79 Å². The molecule has 2 aromatic heterocycles. The molecule has 3 rings (SSSR count). The van der Waals surface area contributed by atoms with Gasteiger partial charge < -0.3 is 14.2 Å². The monoisotopic (exact) mass is 475 g/mol. The zero-order chi connectivity index (χ0) is 20.8. The van der Waals surface area contributed by atoms with E-state index < -0.39 is 0 Å². The summed E-state index contributed by atoms with van der Waals surface area (Å²) >= 11 is 4.90. The van der Waals surface area contributed by atoms with Gasteiger partial charge in [0.15, 0.2) is 0 Å². The second-order valence-corrected chi connectivity index (χ2v) is 8.36. The van der Waals surface area contributed by atoms with E-state index in [0.29, 0.717) is 29.5 Å². The van der Waals surface area contributed by atoms with Crippen LogP contribution in [0.25, 0.3) is 0 Å². The molecule has 0 fully saturated rings. The molecule has 0 bridgehead atoms. The van der Waals surface area contributed by atoms with Crippen molar-refractivity contribution in [2.75, 3.05) is 20.2 Å². The van der Waals surface area contributed by atoms with Gasteiger partial charge in [-0.1, -0.05) is 21.1 Å². The normalized spacial score (nSPS) is 10.8. The Balaban J connectivity index is 1.60. The average Bonchev–Trinajstić information content (AvgIpc) is 3.05. The van der Waals surface area contributed by atoms with Gasteiger partial charge in [0.1, 0.15) is 23.1 Å². The summed E-state index contributed by atoms with van der Waals surface area (Å²) in [5, 5.41) is 4.67. The Bertz CT molecular complexity index is 956. The number of carbonyl (C=O) groups is 1. The van der Waals surface area contributed by atoms with Crippen LogP contribution in [0.15, 0.2) is 56.6 Å². The molecule has 0 aliphatic heterocycles. The molecule has 0 saturated heterocycles. The predicted octanol–water partition coefficient (Wildman–Crippen LogP) is 4.89. The lowest BCUT2D eigenvalue weighted by Crippen LogP contribution is -2.31. The standard InChI is InChI=1S/C21H22BrN3O3S/c1-14-19(15(2)28-24-14)13-29-20-18(5-4-10-23-20)21(26)25(3)11-12-27-17-8-6-16(22)7-9-17/h4-10H,11-13H2,1-3H3. The van der Waals surface area contributed by atoms with Gasteiger partial charge in [-0.15, -0.1) is 11.8 Å². The van der Waals surface area contributed by atoms with Crippen molar-refractivity contribution >= 4 is 33.6 Å². The number of nitrogens with zero attached hydrogens (tertiary/aromatic N) is 3. The molecule has 1 aromatic carbocycles. The van der Waals surface area contributed by atoms with E-state index in [1.165, 1.54) is 11.8 Å². The molecule has 29 heavy (non-hydrogen) atoms. The SMILES string of the molecule is Cc1noc(C)c1CSc1ncccc1C(=O)N(C)CCOc1ccc(Br)cc1. The number of benzene rings is 1. The van der Waals surface area contributed by atoms with Gasteiger partial charge in [-0.25, -0.2) is 4.98 Å². The van der Waals surface area contributed by atoms with E-state index in [-0.39, 0.29) is 5.91 Å². The van der Waals surface area contributed by atoms with Gasteiger partial charge >= 0.3 is 0 Å². The first-order chi connectivity index (χ1) is 14.0. The quantitative estimate of drug-likeness (QED) is 0.431. The lowest BCUT2D eigenvalue weighted by Gasteiger charge is -2.18. The molecule has 0 aliphatic carbocycles. The maximum Gasteiger partial charge on any atom is 0.256 e. The molecule has 0 spiro atoms. The first-order valence-electron chi connectivity index (χ1n) is 9.09. The number of rotatable bonds is 8. The average molecular weight is 476 g/mol. The van der Waals surface area contributed by atoms with E-state index in [1.54, 1.807) is 30.3 Å². The minimum Gasteiger partial charge on any atom is -0.492 e. The highest BCUT2D eigenvalue weighted by Gasteiger charge is 2.18. The number of aryl methyl sites for hydroxylation is 2. The summed E-state index contributed by atoms with van der Waals surface area (Å²) in [6.45, 7) is 4.68. The number of hydrogen-bond donors (Lipinski definition) is 0. The summed E-state index contributed by atoms with van der Waals surface area (Å²) in [5.41, 5.74) is 2.48. The predicted molar refractivity (Wildman–Crippen MR) is 116 cm³/mol. The Morgan fingerprint density at radius 3 is 2.69 bits per heavy atom. The van der Waals surface area contributed by atoms with Crippen LogP contribution in [0.1, 0.15) is 27.4 Å². The zero-order valence-electron chi connectivity index (χ0n) is 16.5. The first kappa shape index (κ1) is 21.4. The molecule has 0 N–H and O–H groups in total. The van der Waals surface area contributed by atoms with Crippen molar-refractivity contribution in [2.24, 2.45) is 0 Å². The third kappa shape index (κ3) is 5.61. The van der Waals surface area contributed by atoms with Crippen molar-refractivity contribution in [3.05, 3.63) is 69.6 Å². The van der Waals surface area contributed by atoms with Crippen LogP contribution in [-0.4, -0.2) is 41.1 Å². The van der Waals surface area contributed by atoms with Gasteiger partial charge in [0, 0.05) is 29.0 Å². The smallest absolute Gasteiger partial charge is 0.256 e. The minimum atomic E-state index is -0.0845. The number of aromatic nitrogens is 2. The Kier molecular flexibility index (Phi) is 7.33. The number of halogens is 1. The van der Waals surface area contributed by atoms with Crippen molar-refractivity contribution in [3.63, 3.8) is 0 Å². The lowest BCUT2D eigenvalue weighted by molar-refractivity contribution is 0.0769. The van der Waals surface area contributed by atoms with Gasteiger partial charge in [0.25, 0.3) is 5.91 Å². The molecule has 2 heterocycles. The largest absolute Gasteiger partial charge is 0.492 e. The fourth-order valence-electron chi connectivity index (χ4n) is 2.66. The first-order valence-corrected chi connectivity index (χ1v) is 10.9. The van der Waals surface area contributed by atoms with Gasteiger partial charge in [-0.2, -0.15) is 0 Å². The van der Waals surface area contributed by atoms with E-state index in [2.05, 4.69) is 26.1 Å². The lowest BCUT2D eigenvalue weighted by atomic mass is 10.2. The highest BCUT2D eigenvalue weighted by molar-refractivity contribution is 9.10. The third-order valence-electron chi connectivity index (χ3n) is 4.39. The molecule has 6 nitrogen and oxygen atoms in total. The molecule has 8 heteroatoms. The van der Waals surface area contributed by atoms with Crippen molar-refractivity contribution in [1.29, 1.82) is 0 Å². The van der Waals surface area contributed by atoms with Crippen LogP contribution >= 0.6 is 27.7 Å². The summed E-state index contributed by atoms with van der Waals surface area (Å²) in [5.74, 6) is 2.13. The Labute approximate surface area is 182 Å². The van der Waals surface area contributed by atoms with Crippen molar-refractivity contribution in [2.45, 2.75) is 24.6 Å². The topological polar surface area (TPSA) is 68.5 Å². The Hall–Kier alpha value is -2.32. The number of likely N-dealkylation sites (N-methyl/N-ethyl adjacent to an activating group) is 1. The number of hydrogen-bond acceptors (Lipinski definition) is 6. The van der Waals surface area contributed by atoms with Gasteiger partial charge in [0.05, 0.1) is 17.8 Å². The number of thioether (sulfide) groups is 1. The van der Waals surface area contributed by atoms with E-state index in [9.17, 15) is 4.79 Å². The molecule has 1 amide bonds. The molecule has 3 aromatic rings.